The van der Waals surface area contributed by atoms with E-state index in [1.807, 2.05) is 60.5 Å². The number of esters is 1. The lowest BCUT2D eigenvalue weighted by atomic mass is 9.95. The van der Waals surface area contributed by atoms with Gasteiger partial charge in [-0.25, -0.2) is 9.59 Å². The predicted molar refractivity (Wildman–Crippen MR) is 223 cm³/mol. The molecule has 0 aromatic heterocycles. The van der Waals surface area contributed by atoms with Gasteiger partial charge in [0.25, 0.3) is 0 Å². The summed E-state index contributed by atoms with van der Waals surface area (Å²) in [6.45, 7) is 18.3. The Morgan fingerprint density at radius 3 is 1.69 bits per heavy atom. The van der Waals surface area contributed by atoms with Gasteiger partial charge in [0.05, 0.1) is 19.3 Å². The number of halogens is 3. The van der Waals surface area contributed by atoms with Crippen molar-refractivity contribution in [3.05, 3.63) is 12.2 Å². The van der Waals surface area contributed by atoms with Crippen molar-refractivity contribution in [2.24, 2.45) is 23.7 Å². The minimum absolute atomic E-state index is 0.00887. The molecule has 1 fully saturated rings. The molecule has 0 aromatic rings. The van der Waals surface area contributed by atoms with Crippen LogP contribution in [0.2, 0.25) is 0 Å². The molecule has 1 aliphatic heterocycles. The first-order valence-corrected chi connectivity index (χ1v) is 20.7. The van der Waals surface area contributed by atoms with E-state index >= 15 is 0 Å². The van der Waals surface area contributed by atoms with Crippen molar-refractivity contribution in [1.82, 2.24) is 36.4 Å². The Kier molecular flexibility index (Phi) is 24.6. The zero-order chi connectivity index (χ0) is 48.4. The number of β-amino-alcohol motifs (C(OH)–C–C–N with tert-alkyl or cyclic N) is 1. The molecule has 0 saturated carbocycles. The number of ether oxygens (including phenoxy) is 1. The molecule has 0 radical (unpaired) electrons. The number of aliphatic hydroxyl groups is 1. The molecule has 7 N–H and O–H groups in total. The van der Waals surface area contributed by atoms with Crippen molar-refractivity contribution in [3.8, 4) is 0 Å². The number of hydrogen-bond acceptors (Lipinski definition) is 11. The molecular formula is C41H70F3N7O11. The maximum atomic E-state index is 13.7. The molecule has 1 heterocycles. The Morgan fingerprint density at radius 1 is 0.790 bits per heavy atom. The van der Waals surface area contributed by atoms with Crippen LogP contribution < -0.4 is 26.6 Å². The Balaban J connectivity index is 0.00000486. The predicted octanol–water partition coefficient (Wildman–Crippen LogP) is 1.50. The lowest BCUT2D eigenvalue weighted by Crippen LogP contribution is -2.59. The van der Waals surface area contributed by atoms with Gasteiger partial charge in [-0.1, -0.05) is 67.9 Å². The molecule has 6 amide bonds. The monoisotopic (exact) mass is 894 g/mol. The molecular weight excluding hydrogens is 823 g/mol. The summed E-state index contributed by atoms with van der Waals surface area (Å²) in [6.07, 6.45) is -1.92. The van der Waals surface area contributed by atoms with Gasteiger partial charge in [-0.15, -0.1) is 0 Å². The number of hydrogen-bond donors (Lipinski definition) is 7. The molecule has 18 nitrogen and oxygen atoms in total. The molecule has 0 bridgehead atoms. The minimum Gasteiger partial charge on any atom is -0.475 e. The number of carboxylic acid groups (broad SMARTS) is 1. The molecule has 1 saturated heterocycles. The largest absolute Gasteiger partial charge is 0.490 e. The summed E-state index contributed by atoms with van der Waals surface area (Å²) in [4.78, 5) is 104. The van der Waals surface area contributed by atoms with E-state index in [9.17, 15) is 51.8 Å². The van der Waals surface area contributed by atoms with E-state index < -0.39 is 96.0 Å². The number of aliphatic hydroxyl groups excluding tert-OH is 1. The summed E-state index contributed by atoms with van der Waals surface area (Å²) in [5, 5.41) is 31.0. The Bertz CT molecular complexity index is 1560. The number of alkyl halides is 3. The van der Waals surface area contributed by atoms with Crippen molar-refractivity contribution in [2.75, 3.05) is 27.7 Å². The average molecular weight is 894 g/mol. The first kappa shape index (κ1) is 57.2. The van der Waals surface area contributed by atoms with Crippen LogP contribution in [0.1, 0.15) is 94.9 Å². The third kappa shape index (κ3) is 19.9. The number of likely N-dealkylation sites (tertiary alicyclic amines) is 1. The number of carbonyl (C=O) groups is 8. The minimum atomic E-state index is -5.08. The lowest BCUT2D eigenvalue weighted by molar-refractivity contribution is -0.192. The second-order valence-electron chi connectivity index (χ2n) is 17.0. The van der Waals surface area contributed by atoms with Crippen LogP contribution in [-0.4, -0.2) is 150 Å². The van der Waals surface area contributed by atoms with Crippen molar-refractivity contribution in [1.29, 1.82) is 0 Å². The first-order valence-electron chi connectivity index (χ1n) is 20.7. The third-order valence-corrected chi connectivity index (χ3v) is 9.85. The lowest BCUT2D eigenvalue weighted by Gasteiger charge is -2.31. The van der Waals surface area contributed by atoms with Gasteiger partial charge in [0, 0.05) is 25.1 Å². The second-order valence-corrected chi connectivity index (χ2v) is 17.0. The van der Waals surface area contributed by atoms with Gasteiger partial charge in [0.1, 0.15) is 30.2 Å². The molecule has 9 atom stereocenters. The summed E-state index contributed by atoms with van der Waals surface area (Å²) >= 11 is 0. The van der Waals surface area contributed by atoms with Gasteiger partial charge in [-0.05, 0) is 64.5 Å². The summed E-state index contributed by atoms with van der Waals surface area (Å²) in [5.74, 6) is -6.61. The van der Waals surface area contributed by atoms with Crippen molar-refractivity contribution >= 4 is 47.4 Å². The van der Waals surface area contributed by atoms with Gasteiger partial charge in [-0.2, -0.15) is 13.2 Å². The Morgan fingerprint density at radius 2 is 1.27 bits per heavy atom. The topological polar surface area (TPSA) is 253 Å². The zero-order valence-corrected chi connectivity index (χ0v) is 38.2. The first-order chi connectivity index (χ1) is 28.5. The van der Waals surface area contributed by atoms with E-state index in [0.29, 0.717) is 6.42 Å². The maximum Gasteiger partial charge on any atom is 0.490 e. The van der Waals surface area contributed by atoms with E-state index in [1.165, 1.54) is 31.1 Å². The molecule has 356 valence electrons. The molecule has 21 heteroatoms. The van der Waals surface area contributed by atoms with Gasteiger partial charge >= 0.3 is 18.1 Å². The SMILES string of the molecule is CC[C@H](C)[C@@H](C(=O)N[C@@H](CC(C)C)C(=O)N[C@@H](CC(C)C)C(=O)N[C@H](C(=O)N[C@@H](C)/C=C/C(=O)N[C@@H](C)C(=O)N1C[C@@H](O)C[C@H]1C(=O)OC)C(C)C)N(C)C.O=C(O)C(F)(F)F. The number of aliphatic carboxylic acids is 1. The summed E-state index contributed by atoms with van der Waals surface area (Å²) < 4.78 is 36.5. The highest BCUT2D eigenvalue weighted by molar-refractivity contribution is 5.96. The van der Waals surface area contributed by atoms with E-state index in [2.05, 4.69) is 26.6 Å². The molecule has 1 aliphatic rings. The van der Waals surface area contributed by atoms with E-state index in [1.54, 1.807) is 20.8 Å². The van der Waals surface area contributed by atoms with Crippen molar-refractivity contribution in [3.63, 3.8) is 0 Å². The standard InChI is InChI=1S/C39H69N7O9.C2HF3O2/c1-14-24(8)33(45(11)12)37(52)43-28(17-21(2)3)34(49)42-29(18-22(4)5)35(50)44-32(23(6)7)36(51)40-25(9)15-16-31(48)41-26(10)38(53)46-20-27(47)19-30(46)39(54)55-13;3-2(4,5)1(6)7/h15-16,21-30,32-33,47H,14,17-20H2,1-13H3,(H,40,51)(H,41,48)(H,42,49)(H,43,52)(H,44,50);(H,6,7)/b16-15+;/t24-,25-,26-,27-,28-,29-,30-,32-,33-;/m0./s1. The number of rotatable bonds is 21. The highest BCUT2D eigenvalue weighted by Crippen LogP contribution is 2.20. The Labute approximate surface area is 362 Å². The van der Waals surface area contributed by atoms with Gasteiger partial charge in [0.15, 0.2) is 0 Å². The molecule has 1 rings (SSSR count). The molecule has 62 heavy (non-hydrogen) atoms. The number of carbonyl (C=O) groups excluding carboxylic acids is 7. The van der Waals surface area contributed by atoms with Crippen LogP contribution in [0.5, 0.6) is 0 Å². The smallest absolute Gasteiger partial charge is 0.475 e. The number of nitrogens with one attached hydrogen (secondary N) is 5. The average Bonchev–Trinajstić information content (AvgIpc) is 3.55. The Hall–Kier alpha value is -4.79. The van der Waals surface area contributed by atoms with Crippen LogP contribution in [0.15, 0.2) is 12.2 Å². The number of methoxy groups -OCH3 is 1. The van der Waals surface area contributed by atoms with Crippen molar-refractivity contribution in [2.45, 2.75) is 149 Å². The number of carboxylic acids is 1. The fourth-order valence-corrected chi connectivity index (χ4v) is 6.53. The van der Waals surface area contributed by atoms with Crippen molar-refractivity contribution < 1.29 is 66.5 Å². The molecule has 0 unspecified atom stereocenters. The zero-order valence-electron chi connectivity index (χ0n) is 38.2. The summed E-state index contributed by atoms with van der Waals surface area (Å²) in [6, 6.07) is -5.91. The normalized spacial score (nSPS) is 18.8. The van der Waals surface area contributed by atoms with E-state index in [0.717, 1.165) is 6.42 Å². The highest BCUT2D eigenvalue weighted by atomic mass is 19.4. The number of likely N-dealkylation sites (N-methyl/N-ethyl adjacent to an activating group) is 1. The fraction of sp³-hybridized carbons (Fsp3) is 0.756. The second kappa shape index (κ2) is 26.6. The highest BCUT2D eigenvalue weighted by Gasteiger charge is 2.41. The van der Waals surface area contributed by atoms with Crippen LogP contribution >= 0.6 is 0 Å². The van der Waals surface area contributed by atoms with Crippen LogP contribution in [0, 0.1) is 23.7 Å². The van der Waals surface area contributed by atoms with Gasteiger partial charge in [-0.3, -0.25) is 33.7 Å². The maximum absolute atomic E-state index is 13.7. The van der Waals surface area contributed by atoms with Crippen LogP contribution in [0.4, 0.5) is 13.2 Å². The van der Waals surface area contributed by atoms with E-state index in [-0.39, 0.29) is 49.0 Å². The summed E-state index contributed by atoms with van der Waals surface area (Å²) in [5.41, 5.74) is 0. The third-order valence-electron chi connectivity index (χ3n) is 9.85. The summed E-state index contributed by atoms with van der Waals surface area (Å²) in [7, 11) is 4.84. The van der Waals surface area contributed by atoms with Crippen LogP contribution in [-0.2, 0) is 43.1 Å². The number of amides is 6. The molecule has 0 aromatic carbocycles. The van der Waals surface area contributed by atoms with E-state index in [4.69, 9.17) is 14.6 Å². The fourth-order valence-electron chi connectivity index (χ4n) is 6.53. The number of nitrogens with zero attached hydrogens (tertiary/aromatic N) is 2. The van der Waals surface area contributed by atoms with Gasteiger partial charge in [0.2, 0.25) is 35.4 Å². The van der Waals surface area contributed by atoms with Crippen LogP contribution in [0.3, 0.4) is 0 Å². The molecule has 0 aliphatic carbocycles. The quantitative estimate of drug-likeness (QED) is 0.0640. The van der Waals surface area contributed by atoms with Gasteiger partial charge < -0.3 is 46.4 Å². The molecule has 0 spiro atoms. The van der Waals surface area contributed by atoms with Crippen LogP contribution in [0.25, 0.3) is 0 Å².